The average molecular weight is 253 g/mol. The third-order valence-corrected chi connectivity index (χ3v) is 2.51. The van der Waals surface area contributed by atoms with Crippen LogP contribution in [0.2, 0.25) is 0 Å². The van der Waals surface area contributed by atoms with E-state index in [0.29, 0.717) is 12.4 Å². The first-order valence-electron chi connectivity index (χ1n) is 4.86. The maximum Gasteiger partial charge on any atom is 0.269 e. The maximum absolute atomic E-state index is 10.6. The molecule has 0 unspecified atom stereocenters. The Kier molecular flexibility index (Phi) is 3.34. The Morgan fingerprint density at radius 2 is 2.29 bits per heavy atom. The second-order valence-electron chi connectivity index (χ2n) is 3.39. The van der Waals surface area contributed by atoms with Crippen LogP contribution >= 0.6 is 11.6 Å². The Labute approximate surface area is 102 Å². The van der Waals surface area contributed by atoms with Gasteiger partial charge in [-0.25, -0.2) is 9.67 Å². The van der Waals surface area contributed by atoms with Gasteiger partial charge < -0.3 is 0 Å². The Morgan fingerprint density at radius 3 is 3.00 bits per heavy atom. The molecule has 1 aromatic carbocycles. The van der Waals surface area contributed by atoms with Gasteiger partial charge in [0.05, 0.1) is 17.3 Å². The minimum atomic E-state index is -0.423. The van der Waals surface area contributed by atoms with Gasteiger partial charge in [-0.2, -0.15) is 5.10 Å². The van der Waals surface area contributed by atoms with Crippen LogP contribution in [-0.2, 0) is 12.4 Å². The van der Waals surface area contributed by atoms with E-state index in [4.69, 9.17) is 11.6 Å². The number of hydrogen-bond acceptors (Lipinski definition) is 4. The zero-order valence-corrected chi connectivity index (χ0v) is 9.54. The first-order valence-corrected chi connectivity index (χ1v) is 5.40. The summed E-state index contributed by atoms with van der Waals surface area (Å²) in [7, 11) is 0. The van der Waals surface area contributed by atoms with E-state index < -0.39 is 4.92 Å². The van der Waals surface area contributed by atoms with Crippen molar-refractivity contribution < 1.29 is 4.92 Å². The molecule has 0 saturated heterocycles. The summed E-state index contributed by atoms with van der Waals surface area (Å²) in [5, 5.41) is 14.6. The van der Waals surface area contributed by atoms with Gasteiger partial charge in [-0.3, -0.25) is 10.1 Å². The van der Waals surface area contributed by atoms with E-state index in [9.17, 15) is 10.1 Å². The predicted molar refractivity (Wildman–Crippen MR) is 61.8 cm³/mol. The summed E-state index contributed by atoms with van der Waals surface area (Å²) < 4.78 is 1.62. The molecule has 0 amide bonds. The van der Waals surface area contributed by atoms with E-state index in [-0.39, 0.29) is 11.6 Å². The molecule has 17 heavy (non-hydrogen) atoms. The number of nitrogens with zero attached hydrogens (tertiary/aromatic N) is 4. The monoisotopic (exact) mass is 252 g/mol. The SMILES string of the molecule is O=[N+]([O-])c1cccc(Cn2ncnc2CCl)c1. The Balaban J connectivity index is 2.24. The second-order valence-corrected chi connectivity index (χ2v) is 3.66. The Hall–Kier alpha value is -1.95. The van der Waals surface area contributed by atoms with E-state index >= 15 is 0 Å². The van der Waals surface area contributed by atoms with Gasteiger partial charge >= 0.3 is 0 Å². The van der Waals surface area contributed by atoms with Gasteiger partial charge in [-0.15, -0.1) is 11.6 Å². The quantitative estimate of drug-likeness (QED) is 0.474. The van der Waals surface area contributed by atoms with Gasteiger partial charge in [0.15, 0.2) is 0 Å². The number of benzene rings is 1. The van der Waals surface area contributed by atoms with Crippen LogP contribution in [0.3, 0.4) is 0 Å². The van der Waals surface area contributed by atoms with Gasteiger partial charge in [0.25, 0.3) is 5.69 Å². The summed E-state index contributed by atoms with van der Waals surface area (Å²) in [6.45, 7) is 0.420. The van der Waals surface area contributed by atoms with Crippen LogP contribution in [0.4, 0.5) is 5.69 Å². The first kappa shape index (κ1) is 11.5. The molecule has 0 aliphatic carbocycles. The van der Waals surface area contributed by atoms with Crippen LogP contribution in [0.1, 0.15) is 11.4 Å². The number of non-ortho nitro benzene ring substituents is 1. The summed E-state index contributed by atoms with van der Waals surface area (Å²) in [4.78, 5) is 14.2. The summed E-state index contributed by atoms with van der Waals surface area (Å²) in [6, 6.07) is 6.41. The Bertz CT molecular complexity index is 541. The van der Waals surface area contributed by atoms with Crippen molar-refractivity contribution in [3.05, 3.63) is 52.1 Å². The van der Waals surface area contributed by atoms with Crippen molar-refractivity contribution >= 4 is 17.3 Å². The van der Waals surface area contributed by atoms with Crippen LogP contribution in [-0.4, -0.2) is 19.7 Å². The largest absolute Gasteiger partial charge is 0.269 e. The number of rotatable bonds is 4. The van der Waals surface area contributed by atoms with Crippen molar-refractivity contribution in [2.75, 3.05) is 0 Å². The zero-order valence-electron chi connectivity index (χ0n) is 8.78. The smallest absolute Gasteiger partial charge is 0.258 e. The number of aromatic nitrogens is 3. The lowest BCUT2D eigenvalue weighted by Crippen LogP contribution is -2.06. The van der Waals surface area contributed by atoms with Gasteiger partial charge in [0.1, 0.15) is 12.2 Å². The normalized spacial score (nSPS) is 10.4. The molecule has 7 heteroatoms. The molecule has 1 aromatic heterocycles. The molecule has 0 fully saturated rings. The van der Waals surface area contributed by atoms with Gasteiger partial charge in [0, 0.05) is 12.1 Å². The minimum absolute atomic E-state index is 0.0649. The van der Waals surface area contributed by atoms with Crippen LogP contribution < -0.4 is 0 Å². The summed E-state index contributed by atoms with van der Waals surface area (Å²) in [6.07, 6.45) is 1.41. The molecule has 1 heterocycles. The van der Waals surface area contributed by atoms with Crippen molar-refractivity contribution in [1.82, 2.24) is 14.8 Å². The molecule has 0 bridgehead atoms. The first-order chi connectivity index (χ1) is 8.20. The molecule has 0 aliphatic rings. The van der Waals surface area contributed by atoms with Crippen molar-refractivity contribution in [2.24, 2.45) is 0 Å². The fraction of sp³-hybridized carbons (Fsp3) is 0.200. The highest BCUT2D eigenvalue weighted by atomic mass is 35.5. The number of halogens is 1. The fourth-order valence-electron chi connectivity index (χ4n) is 1.46. The van der Waals surface area contributed by atoms with Crippen molar-refractivity contribution in [1.29, 1.82) is 0 Å². The molecule has 0 saturated carbocycles. The highest BCUT2D eigenvalue weighted by Gasteiger charge is 2.08. The van der Waals surface area contributed by atoms with E-state index in [2.05, 4.69) is 10.1 Å². The molecular weight excluding hydrogens is 244 g/mol. The van der Waals surface area contributed by atoms with Crippen molar-refractivity contribution in [2.45, 2.75) is 12.4 Å². The lowest BCUT2D eigenvalue weighted by Gasteiger charge is -2.03. The number of nitro groups is 1. The van der Waals surface area contributed by atoms with E-state index in [1.807, 2.05) is 0 Å². The molecule has 2 aromatic rings. The molecule has 88 valence electrons. The molecule has 0 aliphatic heterocycles. The van der Waals surface area contributed by atoms with E-state index in [0.717, 1.165) is 5.56 Å². The van der Waals surface area contributed by atoms with Crippen LogP contribution in [0, 0.1) is 10.1 Å². The third-order valence-electron chi connectivity index (χ3n) is 2.27. The number of hydrogen-bond donors (Lipinski definition) is 0. The summed E-state index contributed by atoms with van der Waals surface area (Å²) in [5.74, 6) is 0.896. The van der Waals surface area contributed by atoms with Gasteiger partial charge in [-0.05, 0) is 5.56 Å². The van der Waals surface area contributed by atoms with E-state index in [1.54, 1.807) is 16.8 Å². The van der Waals surface area contributed by atoms with Gasteiger partial charge in [-0.1, -0.05) is 12.1 Å². The molecule has 0 radical (unpaired) electrons. The lowest BCUT2D eigenvalue weighted by atomic mass is 10.2. The van der Waals surface area contributed by atoms with E-state index in [1.165, 1.54) is 18.5 Å². The highest BCUT2D eigenvalue weighted by Crippen LogP contribution is 2.14. The average Bonchev–Trinajstić information content (AvgIpc) is 2.76. The van der Waals surface area contributed by atoms with Crippen molar-refractivity contribution in [3.63, 3.8) is 0 Å². The van der Waals surface area contributed by atoms with Crippen LogP contribution in [0.25, 0.3) is 0 Å². The second kappa shape index (κ2) is 4.92. The molecule has 2 rings (SSSR count). The molecule has 0 spiro atoms. The maximum atomic E-state index is 10.6. The molecule has 0 N–H and O–H groups in total. The minimum Gasteiger partial charge on any atom is -0.258 e. The topological polar surface area (TPSA) is 73.8 Å². The number of nitro benzene ring substituents is 1. The third kappa shape index (κ3) is 2.59. The predicted octanol–water partition coefficient (Wildman–Crippen LogP) is 1.97. The summed E-state index contributed by atoms with van der Waals surface area (Å²) >= 11 is 5.69. The van der Waals surface area contributed by atoms with Crippen LogP contribution in [0.5, 0.6) is 0 Å². The zero-order chi connectivity index (χ0) is 12.3. The Morgan fingerprint density at radius 1 is 1.47 bits per heavy atom. The lowest BCUT2D eigenvalue weighted by molar-refractivity contribution is -0.384. The fourth-order valence-corrected chi connectivity index (χ4v) is 1.67. The molecule has 0 atom stereocenters. The molecule has 6 nitrogen and oxygen atoms in total. The summed E-state index contributed by atoms with van der Waals surface area (Å²) in [5.41, 5.74) is 0.853. The highest BCUT2D eigenvalue weighted by molar-refractivity contribution is 6.16. The van der Waals surface area contributed by atoms with Crippen molar-refractivity contribution in [3.8, 4) is 0 Å². The van der Waals surface area contributed by atoms with Gasteiger partial charge in [0.2, 0.25) is 0 Å². The molecular formula is C10H9ClN4O2. The standard InChI is InChI=1S/C10H9ClN4O2/c11-5-10-12-7-13-14(10)6-8-2-1-3-9(4-8)15(16)17/h1-4,7H,5-6H2. The number of alkyl halides is 1. The van der Waals surface area contributed by atoms with Crippen LogP contribution in [0.15, 0.2) is 30.6 Å².